The number of rotatable bonds is 8. The van der Waals surface area contributed by atoms with E-state index in [9.17, 15) is 37.5 Å². The van der Waals surface area contributed by atoms with Crippen molar-refractivity contribution in [3.63, 3.8) is 0 Å². The van der Waals surface area contributed by atoms with Crippen molar-refractivity contribution >= 4 is 23.8 Å². The Labute approximate surface area is 164 Å². The van der Waals surface area contributed by atoms with Gasteiger partial charge in [-0.25, -0.2) is 4.79 Å². The number of carbonyl (C=O) groups excluding carboxylic acids is 3. The average molecular weight is 419 g/mol. The standard InChI is InChI=1S/C18H20F3NO7/c1-9(13(16(26)28-2)17(27)29-3)14(15(24)25)22-12(23)8-10-5-4-6-11(7-10)18(19,20)21/h4-7,9,13-14H,8H2,1-3H3,(H,22,23)(H,24,25)/t9-,14-/m1/s1. The van der Waals surface area contributed by atoms with E-state index in [1.54, 1.807) is 0 Å². The van der Waals surface area contributed by atoms with Gasteiger partial charge in [0.2, 0.25) is 5.91 Å². The van der Waals surface area contributed by atoms with Crippen LogP contribution in [0, 0.1) is 11.8 Å². The number of esters is 2. The molecule has 0 fully saturated rings. The molecule has 11 heteroatoms. The predicted molar refractivity (Wildman–Crippen MR) is 91.4 cm³/mol. The van der Waals surface area contributed by atoms with E-state index >= 15 is 0 Å². The van der Waals surface area contributed by atoms with E-state index < -0.39 is 59.9 Å². The normalized spacial score (nSPS) is 13.3. The Kier molecular flexibility index (Phi) is 8.16. The van der Waals surface area contributed by atoms with Crippen LogP contribution in [0.2, 0.25) is 0 Å². The highest BCUT2D eigenvalue weighted by atomic mass is 19.4. The molecule has 0 saturated carbocycles. The molecule has 1 aromatic carbocycles. The minimum absolute atomic E-state index is 0.00611. The van der Waals surface area contributed by atoms with Gasteiger partial charge in [0.25, 0.3) is 0 Å². The van der Waals surface area contributed by atoms with Crippen LogP contribution in [-0.4, -0.2) is 49.2 Å². The lowest BCUT2D eigenvalue weighted by atomic mass is 9.87. The number of ether oxygens (including phenoxy) is 2. The molecule has 0 bridgehead atoms. The highest BCUT2D eigenvalue weighted by molar-refractivity contribution is 5.96. The molecule has 1 rings (SSSR count). The second kappa shape index (κ2) is 9.89. The maximum absolute atomic E-state index is 12.8. The maximum Gasteiger partial charge on any atom is 0.416 e. The highest BCUT2D eigenvalue weighted by Gasteiger charge is 2.42. The fourth-order valence-corrected chi connectivity index (χ4v) is 2.66. The van der Waals surface area contributed by atoms with Crippen LogP contribution in [0.1, 0.15) is 18.1 Å². The zero-order chi connectivity index (χ0) is 22.4. The van der Waals surface area contributed by atoms with Crippen molar-refractivity contribution in [2.24, 2.45) is 11.8 Å². The van der Waals surface area contributed by atoms with Crippen molar-refractivity contribution in [2.75, 3.05) is 14.2 Å². The van der Waals surface area contributed by atoms with Gasteiger partial charge in [0.15, 0.2) is 5.92 Å². The van der Waals surface area contributed by atoms with Gasteiger partial charge >= 0.3 is 24.1 Å². The molecule has 160 valence electrons. The van der Waals surface area contributed by atoms with E-state index in [4.69, 9.17) is 0 Å². The number of halogens is 3. The van der Waals surface area contributed by atoms with E-state index in [1.807, 2.05) is 0 Å². The summed E-state index contributed by atoms with van der Waals surface area (Å²) in [5.41, 5.74) is -0.950. The van der Waals surface area contributed by atoms with Crippen molar-refractivity contribution in [3.05, 3.63) is 35.4 Å². The summed E-state index contributed by atoms with van der Waals surface area (Å²) >= 11 is 0. The number of alkyl halides is 3. The first-order valence-electron chi connectivity index (χ1n) is 8.26. The Hall–Kier alpha value is -3.11. The zero-order valence-electron chi connectivity index (χ0n) is 15.8. The van der Waals surface area contributed by atoms with E-state index in [-0.39, 0.29) is 5.56 Å². The topological polar surface area (TPSA) is 119 Å². The van der Waals surface area contributed by atoms with Crippen LogP contribution < -0.4 is 5.32 Å². The lowest BCUT2D eigenvalue weighted by molar-refractivity contribution is -0.163. The van der Waals surface area contributed by atoms with Gasteiger partial charge in [-0.1, -0.05) is 25.1 Å². The van der Waals surface area contributed by atoms with Crippen molar-refractivity contribution in [1.29, 1.82) is 0 Å². The van der Waals surface area contributed by atoms with Crippen LogP contribution >= 0.6 is 0 Å². The number of nitrogens with one attached hydrogen (secondary N) is 1. The van der Waals surface area contributed by atoms with Gasteiger partial charge in [0.05, 0.1) is 26.2 Å². The molecule has 0 aliphatic rings. The van der Waals surface area contributed by atoms with E-state index in [2.05, 4.69) is 14.8 Å². The number of carboxylic acid groups (broad SMARTS) is 1. The molecule has 0 unspecified atom stereocenters. The van der Waals surface area contributed by atoms with Crippen molar-refractivity contribution in [3.8, 4) is 0 Å². The monoisotopic (exact) mass is 419 g/mol. The van der Waals surface area contributed by atoms with Gasteiger partial charge in [-0.3, -0.25) is 14.4 Å². The number of hydrogen-bond donors (Lipinski definition) is 2. The third-order valence-electron chi connectivity index (χ3n) is 4.16. The van der Waals surface area contributed by atoms with Gasteiger partial charge in [-0.15, -0.1) is 0 Å². The first kappa shape index (κ1) is 23.9. The summed E-state index contributed by atoms with van der Waals surface area (Å²) in [5.74, 6) is -7.45. The fourth-order valence-electron chi connectivity index (χ4n) is 2.66. The quantitative estimate of drug-likeness (QED) is 0.483. The molecular weight excluding hydrogens is 399 g/mol. The Bertz CT molecular complexity index is 763. The molecule has 0 spiro atoms. The molecule has 2 atom stereocenters. The molecule has 8 nitrogen and oxygen atoms in total. The minimum Gasteiger partial charge on any atom is -0.480 e. The van der Waals surface area contributed by atoms with Gasteiger partial charge in [0.1, 0.15) is 6.04 Å². The number of methoxy groups -OCH3 is 2. The van der Waals surface area contributed by atoms with Crippen LogP contribution in [0.4, 0.5) is 13.2 Å². The van der Waals surface area contributed by atoms with Crippen LogP contribution in [-0.2, 0) is 41.2 Å². The maximum atomic E-state index is 12.8. The summed E-state index contributed by atoms with van der Waals surface area (Å²) in [6.45, 7) is 1.22. The molecule has 0 heterocycles. The first-order chi connectivity index (χ1) is 13.4. The van der Waals surface area contributed by atoms with Crippen LogP contribution in [0.5, 0.6) is 0 Å². The number of carbonyl (C=O) groups is 4. The minimum atomic E-state index is -4.60. The first-order valence-corrected chi connectivity index (χ1v) is 8.26. The summed E-state index contributed by atoms with van der Waals surface area (Å²) in [7, 11) is 1.99. The average Bonchev–Trinajstić information content (AvgIpc) is 2.64. The molecule has 1 aromatic rings. The summed E-state index contributed by atoms with van der Waals surface area (Å²) in [6, 6.07) is 2.30. The smallest absolute Gasteiger partial charge is 0.416 e. The molecule has 0 radical (unpaired) electrons. The zero-order valence-corrected chi connectivity index (χ0v) is 15.8. The molecule has 29 heavy (non-hydrogen) atoms. The molecule has 1 amide bonds. The van der Waals surface area contributed by atoms with Gasteiger partial charge in [-0.05, 0) is 11.6 Å². The Balaban J connectivity index is 3.01. The molecular formula is C18H20F3NO7. The van der Waals surface area contributed by atoms with Crippen LogP contribution in [0.15, 0.2) is 24.3 Å². The number of aliphatic carboxylic acids is 1. The Morgan fingerprint density at radius 2 is 1.66 bits per heavy atom. The van der Waals surface area contributed by atoms with Crippen LogP contribution in [0.3, 0.4) is 0 Å². The summed E-state index contributed by atoms with van der Waals surface area (Å²) in [4.78, 5) is 47.5. The summed E-state index contributed by atoms with van der Waals surface area (Å²) in [5, 5.41) is 11.5. The molecule has 2 N–H and O–H groups in total. The fraction of sp³-hybridized carbons (Fsp3) is 0.444. The Morgan fingerprint density at radius 1 is 1.10 bits per heavy atom. The van der Waals surface area contributed by atoms with Crippen molar-refractivity contribution in [1.82, 2.24) is 5.32 Å². The number of carboxylic acids is 1. The van der Waals surface area contributed by atoms with E-state index in [0.717, 1.165) is 32.4 Å². The van der Waals surface area contributed by atoms with E-state index in [1.165, 1.54) is 13.0 Å². The summed E-state index contributed by atoms with van der Waals surface area (Å²) < 4.78 is 47.3. The van der Waals surface area contributed by atoms with Gasteiger partial charge in [0, 0.05) is 5.92 Å². The second-order valence-electron chi connectivity index (χ2n) is 6.14. The molecule has 0 aromatic heterocycles. The third-order valence-corrected chi connectivity index (χ3v) is 4.16. The lowest BCUT2D eigenvalue weighted by Gasteiger charge is -2.26. The van der Waals surface area contributed by atoms with Gasteiger partial charge in [-0.2, -0.15) is 13.2 Å². The SMILES string of the molecule is COC(=O)C(C(=O)OC)[C@@H](C)[C@@H](NC(=O)Cc1cccc(C(F)(F)F)c1)C(=O)O. The van der Waals surface area contributed by atoms with Crippen LogP contribution in [0.25, 0.3) is 0 Å². The summed E-state index contributed by atoms with van der Waals surface area (Å²) in [6.07, 6.45) is -5.14. The Morgan fingerprint density at radius 3 is 2.10 bits per heavy atom. The lowest BCUT2D eigenvalue weighted by Crippen LogP contribution is -2.50. The largest absolute Gasteiger partial charge is 0.480 e. The van der Waals surface area contributed by atoms with Gasteiger partial charge < -0.3 is 19.9 Å². The number of benzene rings is 1. The molecule has 0 aliphatic carbocycles. The third kappa shape index (κ3) is 6.47. The molecule has 0 saturated heterocycles. The van der Waals surface area contributed by atoms with E-state index in [0.29, 0.717) is 0 Å². The number of hydrogen-bond acceptors (Lipinski definition) is 6. The van der Waals surface area contributed by atoms with Crippen molar-refractivity contribution < 1.29 is 46.9 Å². The second-order valence-corrected chi connectivity index (χ2v) is 6.14. The number of amides is 1. The highest BCUT2D eigenvalue weighted by Crippen LogP contribution is 2.29. The van der Waals surface area contributed by atoms with Crippen molar-refractivity contribution in [2.45, 2.75) is 25.6 Å². The predicted octanol–water partition coefficient (Wildman–Crippen LogP) is 1.42. The molecule has 0 aliphatic heterocycles.